The number of aliphatic carboxylic acids is 1. The Morgan fingerprint density at radius 2 is 2.18 bits per heavy atom. The first kappa shape index (κ1) is 25.9. The third kappa shape index (κ3) is 4.43. The Labute approximate surface area is 226 Å². The van der Waals surface area contributed by atoms with Crippen LogP contribution >= 0.6 is 23.1 Å². The Hall–Kier alpha value is -3.76. The number of amides is 2. The molecule has 2 amide bonds. The summed E-state index contributed by atoms with van der Waals surface area (Å²) < 4.78 is 16.2. The molecule has 0 spiro atoms. The number of hydrogen-bond donors (Lipinski definition) is 3. The van der Waals surface area contributed by atoms with E-state index in [0.717, 1.165) is 17.0 Å². The highest BCUT2D eigenvalue weighted by Gasteiger charge is 2.54. The number of carboxylic acids is 1. The van der Waals surface area contributed by atoms with Gasteiger partial charge in [-0.2, -0.15) is 0 Å². The highest BCUT2D eigenvalue weighted by Crippen LogP contribution is 2.40. The van der Waals surface area contributed by atoms with Crippen LogP contribution in [0.15, 0.2) is 57.4 Å². The van der Waals surface area contributed by atoms with E-state index in [-0.39, 0.29) is 33.0 Å². The second kappa shape index (κ2) is 10.2. The van der Waals surface area contributed by atoms with Crippen LogP contribution in [-0.4, -0.2) is 77.6 Å². The van der Waals surface area contributed by atoms with Crippen LogP contribution in [0.5, 0.6) is 0 Å². The number of nitrogen functional groups attached to an aromatic ring is 1. The number of rotatable bonds is 8. The minimum Gasteiger partial charge on any atom is -0.477 e. The number of fused-ring (bicyclic) bond motifs is 2. The molecule has 0 aromatic carbocycles. The van der Waals surface area contributed by atoms with Crippen LogP contribution in [-0.2, 0) is 36.6 Å². The van der Waals surface area contributed by atoms with E-state index < -0.39 is 40.0 Å². The number of thioether (sulfide) groups is 1. The number of nitrogens with two attached hydrogens (primary N) is 1. The van der Waals surface area contributed by atoms with Crippen LogP contribution in [0.4, 0.5) is 5.13 Å². The lowest BCUT2D eigenvalue weighted by molar-refractivity contribution is -0.662. The lowest BCUT2D eigenvalue weighted by Crippen LogP contribution is -2.71. The quantitative estimate of drug-likeness (QED) is 0.142. The molecule has 38 heavy (non-hydrogen) atoms. The number of aromatic nitrogens is 3. The van der Waals surface area contributed by atoms with E-state index in [0.29, 0.717) is 11.3 Å². The molecule has 13 nitrogen and oxygen atoms in total. The van der Waals surface area contributed by atoms with Gasteiger partial charge in [0.25, 0.3) is 17.5 Å². The smallest absolute Gasteiger partial charge is 0.352 e. The normalized spacial score (nSPS) is 20.2. The number of carboxylic acid groups (broad SMARTS) is 1. The number of thiazole rings is 1. The van der Waals surface area contributed by atoms with Crippen molar-refractivity contribution in [1.29, 1.82) is 0 Å². The maximum absolute atomic E-state index is 13.1. The van der Waals surface area contributed by atoms with E-state index in [1.165, 1.54) is 30.0 Å². The molecular formula is C22H22N7O6S3+. The molecule has 3 aromatic heterocycles. The number of anilines is 1. The number of carbonyl (C=O) groups excluding carboxylic acids is 2. The first-order valence-electron chi connectivity index (χ1n) is 11.1. The Morgan fingerprint density at radius 1 is 1.39 bits per heavy atom. The summed E-state index contributed by atoms with van der Waals surface area (Å²) in [5, 5.41) is 15.8. The van der Waals surface area contributed by atoms with Gasteiger partial charge in [-0.25, -0.2) is 18.7 Å². The van der Waals surface area contributed by atoms with Gasteiger partial charge < -0.3 is 21.0 Å². The number of pyridine rings is 1. The summed E-state index contributed by atoms with van der Waals surface area (Å²) in [6.07, 6.45) is 7.01. The van der Waals surface area contributed by atoms with E-state index in [1.807, 2.05) is 45.8 Å². The number of hydrogen-bond acceptors (Lipinski definition) is 10. The van der Waals surface area contributed by atoms with Crippen LogP contribution < -0.4 is 15.6 Å². The topological polar surface area (TPSA) is 173 Å². The lowest BCUT2D eigenvalue weighted by atomic mass is 10.0. The number of nitrogens with one attached hydrogen (secondary N) is 1. The SMILES string of the molecule is CO/N=C(\C(=O)N[C@@H]1C(=O)N2C(C(=O)O)=C(C[n+]3ccn4ccccc43)CS[C@H]12)c1nc(N)sc1S(C)=O. The Kier molecular flexibility index (Phi) is 6.93. The van der Waals surface area contributed by atoms with Crippen LogP contribution in [0, 0.1) is 0 Å². The second-order valence-electron chi connectivity index (χ2n) is 8.28. The van der Waals surface area contributed by atoms with E-state index >= 15 is 0 Å². The standard InChI is InChI=1S/C22H21N7O6S3/c1-35-26-13(14-21(38(2)34)37-22(23)25-14)17(30)24-15-18(31)29-16(20(32)33)11(10-36-19(15)29)9-28-8-7-27-6-4-3-5-12(27)28/h3-8,15,19H,9-10H2,1-2H3,(H3-,23,24,25,30,32,33)/p+1/b26-13-/t15-,19-,38?/m1/s1. The monoisotopic (exact) mass is 576 g/mol. The molecule has 0 bridgehead atoms. The van der Waals surface area contributed by atoms with Gasteiger partial charge in [0.2, 0.25) is 0 Å². The minimum absolute atomic E-state index is 0.00200. The summed E-state index contributed by atoms with van der Waals surface area (Å²) >= 11 is 2.31. The molecule has 1 saturated heterocycles. The van der Waals surface area contributed by atoms with Crippen molar-refractivity contribution in [1.82, 2.24) is 19.6 Å². The van der Waals surface area contributed by atoms with Crippen molar-refractivity contribution >= 4 is 68.2 Å². The predicted molar refractivity (Wildman–Crippen MR) is 140 cm³/mol. The molecule has 3 atom stereocenters. The first-order chi connectivity index (χ1) is 18.2. The van der Waals surface area contributed by atoms with Crippen molar-refractivity contribution in [3.63, 3.8) is 0 Å². The predicted octanol–water partition coefficient (Wildman–Crippen LogP) is -0.208. The molecule has 2 aliphatic rings. The Bertz CT molecular complexity index is 1560. The fourth-order valence-electron chi connectivity index (χ4n) is 4.35. The number of carbonyl (C=O) groups is 3. The molecule has 0 saturated carbocycles. The molecule has 0 radical (unpaired) electrons. The molecule has 5 rings (SSSR count). The average Bonchev–Trinajstić information content (AvgIpc) is 3.48. The van der Waals surface area contributed by atoms with Gasteiger partial charge in [0, 0.05) is 23.6 Å². The number of β-lactam (4-membered cyclic amide) rings is 1. The zero-order valence-corrected chi connectivity index (χ0v) is 22.5. The third-order valence-electron chi connectivity index (χ3n) is 5.96. The van der Waals surface area contributed by atoms with Crippen molar-refractivity contribution in [2.45, 2.75) is 22.2 Å². The highest BCUT2D eigenvalue weighted by atomic mass is 32.2. The zero-order valence-electron chi connectivity index (χ0n) is 20.1. The molecule has 0 aliphatic carbocycles. The number of imidazole rings is 1. The van der Waals surface area contributed by atoms with Gasteiger partial charge in [-0.1, -0.05) is 22.6 Å². The molecule has 3 aromatic rings. The first-order valence-corrected chi connectivity index (χ1v) is 14.5. The summed E-state index contributed by atoms with van der Waals surface area (Å²) in [5.74, 6) is -2.22. The molecule has 198 valence electrons. The van der Waals surface area contributed by atoms with Gasteiger partial charge >= 0.3 is 5.97 Å². The Balaban J connectivity index is 1.39. The van der Waals surface area contributed by atoms with Crippen LogP contribution in [0.3, 0.4) is 0 Å². The largest absolute Gasteiger partial charge is 0.477 e. The average molecular weight is 577 g/mol. The van der Waals surface area contributed by atoms with E-state index in [4.69, 9.17) is 10.6 Å². The van der Waals surface area contributed by atoms with Crippen molar-refractivity contribution in [3.05, 3.63) is 53.8 Å². The van der Waals surface area contributed by atoms with Crippen LogP contribution in [0.1, 0.15) is 5.69 Å². The van der Waals surface area contributed by atoms with Gasteiger partial charge in [0.15, 0.2) is 10.8 Å². The van der Waals surface area contributed by atoms with Gasteiger partial charge in [-0.05, 0) is 6.07 Å². The Morgan fingerprint density at radius 3 is 2.89 bits per heavy atom. The summed E-state index contributed by atoms with van der Waals surface area (Å²) in [4.78, 5) is 48.6. The van der Waals surface area contributed by atoms with Crippen molar-refractivity contribution in [3.8, 4) is 0 Å². The summed E-state index contributed by atoms with van der Waals surface area (Å²) in [5.41, 5.74) is 6.82. The molecule has 1 fully saturated rings. The number of oxime groups is 1. The second-order valence-corrected chi connectivity index (χ2v) is 12.0. The maximum atomic E-state index is 13.1. The molecule has 1 unspecified atom stereocenters. The van der Waals surface area contributed by atoms with Crippen LogP contribution in [0.25, 0.3) is 5.65 Å². The molecule has 4 N–H and O–H groups in total. The summed E-state index contributed by atoms with van der Waals surface area (Å²) in [7, 11) is -0.273. The van der Waals surface area contributed by atoms with Crippen LogP contribution in [0.2, 0.25) is 0 Å². The highest BCUT2D eigenvalue weighted by molar-refractivity contribution is 8.00. The minimum atomic E-state index is -1.51. The third-order valence-corrected chi connectivity index (χ3v) is 9.65. The van der Waals surface area contributed by atoms with E-state index in [2.05, 4.69) is 15.5 Å². The van der Waals surface area contributed by atoms with Crippen molar-refractivity contribution in [2.24, 2.45) is 5.16 Å². The maximum Gasteiger partial charge on any atom is 0.352 e. The zero-order chi connectivity index (χ0) is 27.1. The fourth-order valence-corrected chi connectivity index (χ4v) is 7.39. The molecule has 5 heterocycles. The van der Waals surface area contributed by atoms with E-state index in [9.17, 15) is 23.7 Å². The molecule has 2 aliphatic heterocycles. The lowest BCUT2D eigenvalue weighted by Gasteiger charge is -2.49. The fraction of sp³-hybridized carbons (Fsp3) is 0.273. The molecular weight excluding hydrogens is 554 g/mol. The van der Waals surface area contributed by atoms with Gasteiger partial charge in [0.05, 0.1) is 17.0 Å². The van der Waals surface area contributed by atoms with Crippen molar-refractivity contribution < 1.29 is 33.1 Å². The summed E-state index contributed by atoms with van der Waals surface area (Å²) in [6.45, 7) is 0.287. The molecule has 16 heteroatoms. The van der Waals surface area contributed by atoms with Gasteiger partial charge in [-0.15, -0.1) is 11.8 Å². The van der Waals surface area contributed by atoms with E-state index in [1.54, 1.807) is 0 Å². The van der Waals surface area contributed by atoms with Gasteiger partial charge in [0.1, 0.15) is 53.1 Å². The number of nitrogens with zero attached hydrogens (tertiary/aromatic N) is 5. The van der Waals surface area contributed by atoms with Crippen molar-refractivity contribution in [2.75, 3.05) is 24.9 Å². The summed E-state index contributed by atoms with van der Waals surface area (Å²) in [6, 6.07) is 4.69. The van der Waals surface area contributed by atoms with Gasteiger partial charge in [-0.3, -0.25) is 18.7 Å².